The van der Waals surface area contributed by atoms with Crippen LogP contribution in [0.4, 0.5) is 19.0 Å². The highest BCUT2D eigenvalue weighted by Gasteiger charge is 2.32. The SMILES string of the molecule is O=S(=O)(Nc1ccnc2cc(C3CC3)nn12)c1cccc(C(F)(F)F)c1. The third kappa shape index (κ3) is 3.12. The first kappa shape index (κ1) is 16.8. The van der Waals surface area contributed by atoms with Gasteiger partial charge in [0.15, 0.2) is 5.65 Å². The van der Waals surface area contributed by atoms with E-state index in [1.165, 1.54) is 16.8 Å². The van der Waals surface area contributed by atoms with Gasteiger partial charge in [0.2, 0.25) is 0 Å². The molecule has 2 heterocycles. The minimum absolute atomic E-state index is 0.110. The lowest BCUT2D eigenvalue weighted by Crippen LogP contribution is -2.17. The molecular weight excluding hydrogens is 369 g/mol. The topological polar surface area (TPSA) is 76.4 Å². The van der Waals surface area contributed by atoms with Gasteiger partial charge in [0.25, 0.3) is 10.0 Å². The normalized spacial score (nSPS) is 15.3. The molecule has 0 aliphatic heterocycles. The van der Waals surface area contributed by atoms with Gasteiger partial charge in [-0.2, -0.15) is 22.8 Å². The summed E-state index contributed by atoms with van der Waals surface area (Å²) < 4.78 is 67.2. The molecule has 3 aromatic rings. The lowest BCUT2D eigenvalue weighted by molar-refractivity contribution is -0.137. The third-order valence-corrected chi connectivity index (χ3v) is 5.44. The summed E-state index contributed by atoms with van der Waals surface area (Å²) >= 11 is 0. The molecule has 4 rings (SSSR count). The summed E-state index contributed by atoms with van der Waals surface area (Å²) in [6, 6.07) is 6.76. The first-order valence-electron chi connectivity index (χ1n) is 7.79. The Morgan fingerprint density at radius 2 is 1.92 bits per heavy atom. The zero-order chi connectivity index (χ0) is 18.5. The van der Waals surface area contributed by atoms with Crippen LogP contribution in [0, 0.1) is 0 Å². The van der Waals surface area contributed by atoms with E-state index in [4.69, 9.17) is 0 Å². The number of alkyl halides is 3. The highest BCUT2D eigenvalue weighted by Crippen LogP contribution is 2.39. The van der Waals surface area contributed by atoms with Crippen molar-refractivity contribution in [1.29, 1.82) is 0 Å². The van der Waals surface area contributed by atoms with Crippen molar-refractivity contribution in [3.05, 3.63) is 53.9 Å². The fourth-order valence-corrected chi connectivity index (χ4v) is 3.69. The molecule has 0 unspecified atom stereocenters. The van der Waals surface area contributed by atoms with Gasteiger partial charge in [0.1, 0.15) is 5.82 Å². The van der Waals surface area contributed by atoms with Crippen LogP contribution in [-0.2, 0) is 16.2 Å². The number of benzene rings is 1. The summed E-state index contributed by atoms with van der Waals surface area (Å²) in [4.78, 5) is 3.66. The molecular formula is C16H13F3N4O2S. The molecule has 0 atom stereocenters. The highest BCUT2D eigenvalue weighted by molar-refractivity contribution is 7.92. The fourth-order valence-electron chi connectivity index (χ4n) is 2.61. The quantitative estimate of drug-likeness (QED) is 0.750. The molecule has 136 valence electrons. The number of nitrogens with zero attached hydrogens (tertiary/aromatic N) is 3. The molecule has 0 amide bonds. The zero-order valence-electron chi connectivity index (χ0n) is 13.2. The molecule has 0 bridgehead atoms. The standard InChI is InChI=1S/C16H13F3N4O2S/c17-16(18,19)11-2-1-3-12(8-11)26(24,25)22-14-6-7-20-15-9-13(10-4-5-10)21-23(14)15/h1-3,6-10,22H,4-5H2. The van der Waals surface area contributed by atoms with E-state index in [2.05, 4.69) is 14.8 Å². The summed E-state index contributed by atoms with van der Waals surface area (Å²) in [6.07, 6.45) is -1.17. The van der Waals surface area contributed by atoms with E-state index in [0.717, 1.165) is 36.7 Å². The van der Waals surface area contributed by atoms with Crippen LogP contribution in [0.2, 0.25) is 0 Å². The third-order valence-electron chi connectivity index (χ3n) is 4.08. The average molecular weight is 382 g/mol. The smallest absolute Gasteiger partial charge is 0.263 e. The van der Waals surface area contributed by atoms with E-state index in [-0.39, 0.29) is 5.82 Å². The van der Waals surface area contributed by atoms with Gasteiger partial charge in [-0.25, -0.2) is 13.4 Å². The molecule has 26 heavy (non-hydrogen) atoms. The van der Waals surface area contributed by atoms with Gasteiger partial charge in [-0.05, 0) is 37.1 Å². The van der Waals surface area contributed by atoms with Crippen molar-refractivity contribution in [3.63, 3.8) is 0 Å². The van der Waals surface area contributed by atoms with E-state index in [0.29, 0.717) is 17.6 Å². The van der Waals surface area contributed by atoms with Gasteiger partial charge in [-0.3, -0.25) is 4.72 Å². The van der Waals surface area contributed by atoms with E-state index >= 15 is 0 Å². The second kappa shape index (κ2) is 5.70. The Morgan fingerprint density at radius 1 is 1.15 bits per heavy atom. The maximum Gasteiger partial charge on any atom is 0.416 e. The fraction of sp³-hybridized carbons (Fsp3) is 0.250. The largest absolute Gasteiger partial charge is 0.416 e. The summed E-state index contributed by atoms with van der Waals surface area (Å²) in [7, 11) is -4.22. The molecule has 2 aromatic heterocycles. The van der Waals surface area contributed by atoms with Crippen LogP contribution in [0.5, 0.6) is 0 Å². The van der Waals surface area contributed by atoms with Crippen LogP contribution < -0.4 is 4.72 Å². The summed E-state index contributed by atoms with van der Waals surface area (Å²) in [5.41, 5.74) is 0.259. The second-order valence-electron chi connectivity index (χ2n) is 6.07. The minimum Gasteiger partial charge on any atom is -0.263 e. The number of hydrogen-bond acceptors (Lipinski definition) is 4. The van der Waals surface area contributed by atoms with Crippen LogP contribution >= 0.6 is 0 Å². The molecule has 0 spiro atoms. The Morgan fingerprint density at radius 3 is 2.62 bits per heavy atom. The number of hydrogen-bond donors (Lipinski definition) is 1. The first-order chi connectivity index (χ1) is 12.2. The lowest BCUT2D eigenvalue weighted by atomic mass is 10.2. The Balaban J connectivity index is 1.71. The molecule has 10 heteroatoms. The molecule has 0 saturated heterocycles. The van der Waals surface area contributed by atoms with Crippen LogP contribution in [-0.4, -0.2) is 23.0 Å². The van der Waals surface area contributed by atoms with Crippen LogP contribution in [0.15, 0.2) is 47.5 Å². The second-order valence-corrected chi connectivity index (χ2v) is 7.76. The van der Waals surface area contributed by atoms with E-state index in [1.807, 2.05) is 0 Å². The highest BCUT2D eigenvalue weighted by atomic mass is 32.2. The number of rotatable bonds is 4. The predicted molar refractivity (Wildman–Crippen MR) is 87.2 cm³/mol. The monoisotopic (exact) mass is 382 g/mol. The molecule has 0 radical (unpaired) electrons. The van der Waals surface area contributed by atoms with Crippen molar-refractivity contribution >= 4 is 21.5 Å². The summed E-state index contributed by atoms with van der Waals surface area (Å²) in [5, 5.41) is 4.36. The van der Waals surface area contributed by atoms with Gasteiger partial charge in [-0.1, -0.05) is 6.07 Å². The van der Waals surface area contributed by atoms with Crippen molar-refractivity contribution in [2.45, 2.75) is 29.8 Å². The predicted octanol–water partition coefficient (Wildman–Crippen LogP) is 3.43. The molecule has 1 aromatic carbocycles. The number of aromatic nitrogens is 3. The van der Waals surface area contributed by atoms with Gasteiger partial charge >= 0.3 is 6.18 Å². The van der Waals surface area contributed by atoms with Crippen molar-refractivity contribution in [1.82, 2.24) is 14.6 Å². The molecule has 1 fully saturated rings. The van der Waals surface area contributed by atoms with E-state index < -0.39 is 26.7 Å². The minimum atomic E-state index is -4.63. The van der Waals surface area contributed by atoms with Crippen LogP contribution in [0.1, 0.15) is 30.0 Å². The summed E-state index contributed by atoms with van der Waals surface area (Å²) in [6.45, 7) is 0. The van der Waals surface area contributed by atoms with Crippen molar-refractivity contribution < 1.29 is 21.6 Å². The Labute approximate surface area is 146 Å². The number of nitrogens with one attached hydrogen (secondary N) is 1. The number of fused-ring (bicyclic) bond motifs is 1. The zero-order valence-corrected chi connectivity index (χ0v) is 14.0. The van der Waals surface area contributed by atoms with Gasteiger partial charge in [0.05, 0.1) is 16.2 Å². The van der Waals surface area contributed by atoms with Crippen molar-refractivity contribution in [3.8, 4) is 0 Å². The van der Waals surface area contributed by atoms with Gasteiger partial charge in [0, 0.05) is 18.2 Å². The van der Waals surface area contributed by atoms with Crippen LogP contribution in [0.25, 0.3) is 5.65 Å². The van der Waals surface area contributed by atoms with Gasteiger partial charge < -0.3 is 0 Å². The molecule has 1 N–H and O–H groups in total. The van der Waals surface area contributed by atoms with E-state index in [1.54, 1.807) is 6.07 Å². The Kier molecular flexibility index (Phi) is 3.69. The van der Waals surface area contributed by atoms with Crippen molar-refractivity contribution in [2.75, 3.05) is 4.72 Å². The first-order valence-corrected chi connectivity index (χ1v) is 9.27. The van der Waals surface area contributed by atoms with Gasteiger partial charge in [-0.15, -0.1) is 0 Å². The van der Waals surface area contributed by atoms with Crippen LogP contribution in [0.3, 0.4) is 0 Å². The molecule has 6 nitrogen and oxygen atoms in total. The van der Waals surface area contributed by atoms with Crippen molar-refractivity contribution in [2.24, 2.45) is 0 Å². The molecule has 1 aliphatic carbocycles. The lowest BCUT2D eigenvalue weighted by Gasteiger charge is -2.11. The summed E-state index contributed by atoms with van der Waals surface area (Å²) in [5.74, 6) is 0.462. The van der Waals surface area contributed by atoms with E-state index in [9.17, 15) is 21.6 Å². The maximum absolute atomic E-state index is 12.8. The molecule has 1 aliphatic rings. The maximum atomic E-state index is 12.8. The number of anilines is 1. The average Bonchev–Trinajstić information content (AvgIpc) is 3.33. The Hall–Kier alpha value is -2.62. The Bertz CT molecular complexity index is 1090. The number of halogens is 3. The molecule has 1 saturated carbocycles. The number of sulfonamides is 1.